The molecule has 0 radical (unpaired) electrons. The van der Waals surface area contributed by atoms with Gasteiger partial charge in [0.25, 0.3) is 9.84 Å². The van der Waals surface area contributed by atoms with Gasteiger partial charge in [-0.05, 0) is 0 Å². The summed E-state index contributed by atoms with van der Waals surface area (Å²) in [7, 11) is -6.51. The van der Waals surface area contributed by atoms with E-state index in [1.807, 2.05) is 0 Å². The van der Waals surface area contributed by atoms with E-state index in [0.717, 1.165) is 0 Å². The lowest BCUT2D eigenvalue weighted by atomic mass is 10.4. The second kappa shape index (κ2) is 3.46. The van der Waals surface area contributed by atoms with Crippen molar-refractivity contribution in [3.63, 3.8) is 0 Å². The first-order valence-corrected chi connectivity index (χ1v) is 4.59. The number of hydrogen-bond acceptors (Lipinski definition) is 2. The van der Waals surface area contributed by atoms with Crippen molar-refractivity contribution in [2.24, 2.45) is 0 Å². The molecule has 92 valence electrons. The molecule has 0 aliphatic rings. The summed E-state index contributed by atoms with van der Waals surface area (Å²) in [5.41, 5.74) is -6.14. The van der Waals surface area contributed by atoms with Crippen LogP contribution in [0.5, 0.6) is 0 Å². The molecule has 0 bridgehead atoms. The SMILES string of the molecule is O=S(=O)(CC(F)(F)C(F)(F)F)C(F)(F)F. The van der Waals surface area contributed by atoms with Gasteiger partial charge in [-0.3, -0.25) is 0 Å². The Morgan fingerprint density at radius 1 is 0.800 bits per heavy atom. The van der Waals surface area contributed by atoms with Gasteiger partial charge in [-0.2, -0.15) is 35.1 Å². The fraction of sp³-hybridized carbons (Fsp3) is 1.00. The van der Waals surface area contributed by atoms with Gasteiger partial charge in [-0.25, -0.2) is 8.42 Å². The summed E-state index contributed by atoms with van der Waals surface area (Å²) in [4.78, 5) is 0. The third kappa shape index (κ3) is 3.18. The van der Waals surface area contributed by atoms with Crippen LogP contribution in [0.3, 0.4) is 0 Å². The van der Waals surface area contributed by atoms with Crippen LogP contribution in [0, 0.1) is 0 Å². The largest absolute Gasteiger partial charge is 0.497 e. The topological polar surface area (TPSA) is 34.1 Å². The summed E-state index contributed by atoms with van der Waals surface area (Å²) in [6.07, 6.45) is -6.34. The molecule has 15 heavy (non-hydrogen) atoms. The van der Waals surface area contributed by atoms with Crippen LogP contribution in [-0.4, -0.2) is 31.8 Å². The van der Waals surface area contributed by atoms with Gasteiger partial charge in [0.05, 0.1) is 0 Å². The maximum Gasteiger partial charge on any atom is 0.497 e. The normalized spacial score (nSPS) is 15.5. The summed E-state index contributed by atoms with van der Waals surface area (Å²) in [5.74, 6) is -9.27. The molecular formula is C4H2F8O2S. The highest BCUT2D eigenvalue weighted by atomic mass is 32.2. The van der Waals surface area contributed by atoms with Gasteiger partial charge in [0.2, 0.25) is 0 Å². The van der Waals surface area contributed by atoms with E-state index in [2.05, 4.69) is 0 Å². The van der Waals surface area contributed by atoms with Crippen LogP contribution < -0.4 is 0 Å². The fourth-order valence-electron chi connectivity index (χ4n) is 0.402. The van der Waals surface area contributed by atoms with E-state index in [1.54, 1.807) is 0 Å². The summed E-state index contributed by atoms with van der Waals surface area (Å²) < 4.78 is 112. The Kier molecular flexibility index (Phi) is 3.31. The van der Waals surface area contributed by atoms with Crippen molar-refractivity contribution in [1.82, 2.24) is 0 Å². The van der Waals surface area contributed by atoms with Crippen LogP contribution in [0.25, 0.3) is 0 Å². The van der Waals surface area contributed by atoms with Gasteiger partial charge < -0.3 is 0 Å². The van der Waals surface area contributed by atoms with Gasteiger partial charge >= 0.3 is 17.6 Å². The van der Waals surface area contributed by atoms with Crippen molar-refractivity contribution < 1.29 is 43.5 Å². The van der Waals surface area contributed by atoms with Crippen molar-refractivity contribution in [2.75, 3.05) is 5.75 Å². The average Bonchev–Trinajstić information content (AvgIpc) is 1.77. The molecule has 2 nitrogen and oxygen atoms in total. The smallest absolute Gasteiger partial charge is 0.219 e. The van der Waals surface area contributed by atoms with Crippen molar-refractivity contribution in [1.29, 1.82) is 0 Å². The molecule has 0 unspecified atom stereocenters. The van der Waals surface area contributed by atoms with Crippen LogP contribution in [0.4, 0.5) is 35.1 Å². The summed E-state index contributed by atoms with van der Waals surface area (Å²) in [6, 6.07) is 0. The zero-order chi connectivity index (χ0) is 12.7. The highest BCUT2D eigenvalue weighted by Gasteiger charge is 2.63. The number of rotatable bonds is 2. The average molecular weight is 266 g/mol. The first-order valence-electron chi connectivity index (χ1n) is 2.94. The summed E-state index contributed by atoms with van der Waals surface area (Å²) in [6.45, 7) is 0. The molecule has 0 aromatic carbocycles. The van der Waals surface area contributed by atoms with E-state index in [4.69, 9.17) is 0 Å². The zero-order valence-electron chi connectivity index (χ0n) is 6.46. The predicted octanol–water partition coefficient (Wildman–Crippen LogP) is 2.12. The standard InChI is InChI=1S/C4H2F8O2S/c5-2(6,3(7,8)9)1-15(13,14)4(10,11)12/h1H2. The lowest BCUT2D eigenvalue weighted by molar-refractivity contribution is -0.272. The lowest BCUT2D eigenvalue weighted by Crippen LogP contribution is -2.45. The minimum absolute atomic E-state index is 3.34. The van der Waals surface area contributed by atoms with Gasteiger partial charge in [-0.15, -0.1) is 0 Å². The molecule has 0 heterocycles. The Morgan fingerprint density at radius 2 is 1.13 bits per heavy atom. The molecule has 0 amide bonds. The van der Waals surface area contributed by atoms with Gasteiger partial charge in [-0.1, -0.05) is 0 Å². The minimum Gasteiger partial charge on any atom is -0.219 e. The maximum absolute atomic E-state index is 12.0. The monoisotopic (exact) mass is 266 g/mol. The highest BCUT2D eigenvalue weighted by molar-refractivity contribution is 7.92. The maximum atomic E-state index is 12.0. The summed E-state index contributed by atoms with van der Waals surface area (Å²) in [5, 5.41) is 0. The molecule has 0 atom stereocenters. The minimum atomic E-state index is -6.51. The Balaban J connectivity index is 5.08. The quantitative estimate of drug-likeness (QED) is 0.717. The second-order valence-electron chi connectivity index (χ2n) is 2.41. The Hall–Kier alpha value is -0.610. The highest BCUT2D eigenvalue weighted by Crippen LogP contribution is 2.39. The molecule has 0 aliphatic carbocycles. The van der Waals surface area contributed by atoms with Crippen LogP contribution >= 0.6 is 0 Å². The molecule has 0 rings (SSSR count). The molecule has 0 N–H and O–H groups in total. The molecular weight excluding hydrogens is 264 g/mol. The van der Waals surface area contributed by atoms with Crippen LogP contribution in [0.1, 0.15) is 0 Å². The third-order valence-corrected chi connectivity index (χ3v) is 2.59. The third-order valence-electron chi connectivity index (χ3n) is 1.14. The van der Waals surface area contributed by atoms with Crippen molar-refractivity contribution in [3.05, 3.63) is 0 Å². The predicted molar refractivity (Wildman–Crippen MR) is 30.8 cm³/mol. The second-order valence-corrected chi connectivity index (χ2v) is 4.39. The van der Waals surface area contributed by atoms with Crippen molar-refractivity contribution in [3.8, 4) is 0 Å². The van der Waals surface area contributed by atoms with E-state index < -0.39 is 33.2 Å². The molecule has 0 aromatic heterocycles. The number of sulfone groups is 1. The van der Waals surface area contributed by atoms with Gasteiger partial charge in [0, 0.05) is 0 Å². The Morgan fingerprint density at radius 3 is 1.33 bits per heavy atom. The first kappa shape index (κ1) is 14.4. The van der Waals surface area contributed by atoms with Crippen LogP contribution in [0.2, 0.25) is 0 Å². The van der Waals surface area contributed by atoms with E-state index in [9.17, 15) is 43.5 Å². The number of hydrogen-bond donors (Lipinski definition) is 0. The zero-order valence-corrected chi connectivity index (χ0v) is 7.27. The van der Waals surface area contributed by atoms with E-state index in [1.165, 1.54) is 0 Å². The van der Waals surface area contributed by atoms with Gasteiger partial charge in [0.15, 0.2) is 0 Å². The number of alkyl halides is 8. The molecule has 0 saturated heterocycles. The molecule has 0 saturated carbocycles. The molecule has 0 spiro atoms. The lowest BCUT2D eigenvalue weighted by Gasteiger charge is -2.19. The fourth-order valence-corrected chi connectivity index (χ4v) is 1.21. The Bertz CT molecular complexity index is 322. The first-order chi connectivity index (χ1) is 6.21. The van der Waals surface area contributed by atoms with Gasteiger partial charge in [0.1, 0.15) is 5.75 Å². The van der Waals surface area contributed by atoms with Crippen LogP contribution in [0.15, 0.2) is 0 Å². The van der Waals surface area contributed by atoms with E-state index in [-0.39, 0.29) is 0 Å². The molecule has 0 aromatic rings. The van der Waals surface area contributed by atoms with Crippen LogP contribution in [-0.2, 0) is 9.84 Å². The number of halogens is 8. The molecule has 11 heteroatoms. The van der Waals surface area contributed by atoms with Crippen molar-refractivity contribution in [2.45, 2.75) is 17.6 Å². The Labute approximate surface area is 77.8 Å². The van der Waals surface area contributed by atoms with Crippen molar-refractivity contribution >= 4 is 9.84 Å². The molecule has 0 aliphatic heterocycles. The molecule has 0 fully saturated rings. The summed E-state index contributed by atoms with van der Waals surface area (Å²) >= 11 is 0. The van der Waals surface area contributed by atoms with E-state index in [0.29, 0.717) is 0 Å². The van der Waals surface area contributed by atoms with E-state index >= 15 is 0 Å².